The third-order valence-corrected chi connectivity index (χ3v) is 6.02. The number of H-pyrrole nitrogens is 1. The highest BCUT2D eigenvalue weighted by Crippen LogP contribution is 2.48. The fourth-order valence-electron chi connectivity index (χ4n) is 4.43. The monoisotopic (exact) mass is 487 g/mol. The van der Waals surface area contributed by atoms with E-state index in [2.05, 4.69) is 15.6 Å². The molecule has 1 aliphatic rings. The SMILES string of the molecule is CC(C)(C)OC(=O)NCC(=O)NC[C@H]1C[C@@H](c2c(-c3ccc(F)cc3)[nH]c3c(F)cc(F)cc32)C1. The maximum absolute atomic E-state index is 14.5. The van der Waals surface area contributed by atoms with Crippen molar-refractivity contribution < 1.29 is 27.5 Å². The molecule has 1 fully saturated rings. The number of nitrogens with one attached hydrogen (secondary N) is 3. The molecule has 1 aliphatic carbocycles. The average molecular weight is 488 g/mol. The van der Waals surface area contributed by atoms with Crippen molar-refractivity contribution in [3.8, 4) is 11.3 Å². The van der Waals surface area contributed by atoms with Crippen LogP contribution in [0.5, 0.6) is 0 Å². The first kappa shape index (κ1) is 24.6. The largest absolute Gasteiger partial charge is 0.444 e. The van der Waals surface area contributed by atoms with Gasteiger partial charge in [-0.05, 0) is 86.9 Å². The zero-order valence-corrected chi connectivity index (χ0v) is 19.8. The molecule has 0 atom stereocenters. The van der Waals surface area contributed by atoms with Crippen molar-refractivity contribution in [3.05, 3.63) is 59.4 Å². The molecule has 0 saturated heterocycles. The number of hydrogen-bond acceptors (Lipinski definition) is 3. The highest BCUT2D eigenvalue weighted by Gasteiger charge is 2.35. The number of aromatic amines is 1. The van der Waals surface area contributed by atoms with Gasteiger partial charge < -0.3 is 20.4 Å². The molecule has 0 unspecified atom stereocenters. The van der Waals surface area contributed by atoms with Gasteiger partial charge in [-0.15, -0.1) is 0 Å². The van der Waals surface area contributed by atoms with Crippen LogP contribution in [0, 0.1) is 23.4 Å². The van der Waals surface area contributed by atoms with Crippen molar-refractivity contribution in [2.75, 3.05) is 13.1 Å². The van der Waals surface area contributed by atoms with E-state index in [9.17, 15) is 22.8 Å². The van der Waals surface area contributed by atoms with Crippen molar-refractivity contribution in [1.29, 1.82) is 0 Å². The van der Waals surface area contributed by atoms with Gasteiger partial charge in [-0.3, -0.25) is 4.79 Å². The summed E-state index contributed by atoms with van der Waals surface area (Å²) in [5.74, 6) is -1.87. The summed E-state index contributed by atoms with van der Waals surface area (Å²) in [7, 11) is 0. The van der Waals surface area contributed by atoms with Crippen LogP contribution < -0.4 is 10.6 Å². The summed E-state index contributed by atoms with van der Waals surface area (Å²) in [6.45, 7) is 5.43. The van der Waals surface area contributed by atoms with Gasteiger partial charge in [0.1, 0.15) is 23.1 Å². The number of ether oxygens (including phenoxy) is 1. The van der Waals surface area contributed by atoms with E-state index in [1.807, 2.05) is 0 Å². The van der Waals surface area contributed by atoms with Crippen molar-refractivity contribution >= 4 is 22.9 Å². The van der Waals surface area contributed by atoms with Crippen LogP contribution >= 0.6 is 0 Å². The first-order chi connectivity index (χ1) is 16.5. The molecular formula is C26H28F3N3O3. The second-order valence-corrected chi connectivity index (χ2v) is 9.92. The van der Waals surface area contributed by atoms with E-state index >= 15 is 0 Å². The highest BCUT2D eigenvalue weighted by atomic mass is 19.1. The molecule has 0 aliphatic heterocycles. The molecule has 3 aromatic rings. The lowest BCUT2D eigenvalue weighted by molar-refractivity contribution is -0.120. The number of halogens is 3. The Balaban J connectivity index is 1.41. The zero-order valence-electron chi connectivity index (χ0n) is 19.8. The molecule has 0 spiro atoms. The molecule has 2 amide bonds. The van der Waals surface area contributed by atoms with Gasteiger partial charge in [0, 0.05) is 18.0 Å². The minimum Gasteiger partial charge on any atom is -0.444 e. The van der Waals surface area contributed by atoms with Gasteiger partial charge in [0.15, 0.2) is 0 Å². The van der Waals surface area contributed by atoms with Crippen molar-refractivity contribution in [2.45, 2.75) is 45.1 Å². The predicted molar refractivity (Wildman–Crippen MR) is 126 cm³/mol. The summed E-state index contributed by atoms with van der Waals surface area (Å²) in [4.78, 5) is 26.8. The Morgan fingerprint density at radius 2 is 1.71 bits per heavy atom. The summed E-state index contributed by atoms with van der Waals surface area (Å²) < 4.78 is 47.1. The maximum Gasteiger partial charge on any atom is 0.408 e. The molecule has 0 bridgehead atoms. The Morgan fingerprint density at radius 1 is 1.03 bits per heavy atom. The maximum atomic E-state index is 14.5. The van der Waals surface area contributed by atoms with Gasteiger partial charge in [0.2, 0.25) is 5.91 Å². The number of carbonyl (C=O) groups excluding carboxylic acids is 2. The van der Waals surface area contributed by atoms with E-state index in [4.69, 9.17) is 4.74 Å². The summed E-state index contributed by atoms with van der Waals surface area (Å²) in [6, 6.07) is 8.01. The molecule has 9 heteroatoms. The van der Waals surface area contributed by atoms with E-state index < -0.39 is 23.3 Å². The van der Waals surface area contributed by atoms with Gasteiger partial charge in [-0.1, -0.05) is 0 Å². The van der Waals surface area contributed by atoms with Gasteiger partial charge in [0.05, 0.1) is 17.8 Å². The number of aromatic nitrogens is 1. The smallest absolute Gasteiger partial charge is 0.408 e. The van der Waals surface area contributed by atoms with Gasteiger partial charge in [-0.2, -0.15) is 0 Å². The molecule has 1 heterocycles. The topological polar surface area (TPSA) is 83.2 Å². The normalized spacial score (nSPS) is 17.7. The van der Waals surface area contributed by atoms with Gasteiger partial charge in [-0.25, -0.2) is 18.0 Å². The molecule has 0 radical (unpaired) electrons. The molecule has 1 saturated carbocycles. The molecule has 186 valence electrons. The molecule has 1 aromatic heterocycles. The molecule has 4 rings (SSSR count). The minimum absolute atomic E-state index is 0.0202. The van der Waals surface area contributed by atoms with Crippen LogP contribution in [0.15, 0.2) is 36.4 Å². The van der Waals surface area contributed by atoms with E-state index in [1.165, 1.54) is 18.2 Å². The lowest BCUT2D eigenvalue weighted by Crippen LogP contribution is -2.42. The number of hydrogen-bond donors (Lipinski definition) is 3. The third-order valence-electron chi connectivity index (χ3n) is 6.02. The Morgan fingerprint density at radius 3 is 2.37 bits per heavy atom. The summed E-state index contributed by atoms with van der Waals surface area (Å²) in [5.41, 5.74) is 1.67. The number of amides is 2. The quantitative estimate of drug-likeness (QED) is 0.436. The van der Waals surface area contributed by atoms with Crippen LogP contribution in [-0.2, 0) is 9.53 Å². The zero-order chi connectivity index (χ0) is 25.3. The van der Waals surface area contributed by atoms with Crippen LogP contribution in [0.3, 0.4) is 0 Å². The van der Waals surface area contributed by atoms with E-state index in [-0.39, 0.29) is 35.6 Å². The Bertz CT molecular complexity index is 1240. The number of carbonyl (C=O) groups is 2. The van der Waals surface area contributed by atoms with Crippen LogP contribution in [0.4, 0.5) is 18.0 Å². The van der Waals surface area contributed by atoms with Crippen molar-refractivity contribution in [3.63, 3.8) is 0 Å². The molecular weight excluding hydrogens is 459 g/mol. The molecule has 3 N–H and O–H groups in total. The summed E-state index contributed by atoms with van der Waals surface area (Å²) >= 11 is 0. The van der Waals surface area contributed by atoms with Crippen LogP contribution in [0.1, 0.15) is 45.1 Å². The fourth-order valence-corrected chi connectivity index (χ4v) is 4.43. The average Bonchev–Trinajstić information content (AvgIpc) is 3.10. The van der Waals surface area contributed by atoms with E-state index in [0.29, 0.717) is 36.0 Å². The number of alkyl carbamates (subject to hydrolysis) is 1. The number of rotatable bonds is 6. The number of benzene rings is 2. The van der Waals surface area contributed by atoms with Gasteiger partial charge >= 0.3 is 6.09 Å². The first-order valence-electron chi connectivity index (χ1n) is 11.5. The Hall–Kier alpha value is -3.49. The van der Waals surface area contributed by atoms with Crippen LogP contribution in [0.25, 0.3) is 22.2 Å². The molecule has 2 aromatic carbocycles. The Labute approximate surface area is 201 Å². The standard InChI is InChI=1S/C26H28F3N3O3/c1-26(2,3)35-25(34)31-13-21(33)30-12-14-8-16(9-14)22-19-10-18(28)11-20(29)24(19)32-23(22)15-4-6-17(27)7-5-15/h4-7,10-11,14,16,32H,8-9,12-13H2,1-3H3,(H,30,33)(H,31,34)/t14-,16+. The van der Waals surface area contributed by atoms with Gasteiger partial charge in [0.25, 0.3) is 0 Å². The second kappa shape index (κ2) is 9.64. The second-order valence-electron chi connectivity index (χ2n) is 9.92. The number of fused-ring (bicyclic) bond motifs is 1. The first-order valence-corrected chi connectivity index (χ1v) is 11.5. The molecule has 6 nitrogen and oxygen atoms in total. The fraction of sp³-hybridized carbons (Fsp3) is 0.385. The minimum atomic E-state index is -0.685. The van der Waals surface area contributed by atoms with Crippen LogP contribution in [-0.4, -0.2) is 35.7 Å². The summed E-state index contributed by atoms with van der Waals surface area (Å²) in [6.07, 6.45) is 0.751. The van der Waals surface area contributed by atoms with E-state index in [1.54, 1.807) is 32.9 Å². The van der Waals surface area contributed by atoms with Crippen molar-refractivity contribution in [2.24, 2.45) is 5.92 Å². The highest BCUT2D eigenvalue weighted by molar-refractivity contribution is 5.92. The molecule has 35 heavy (non-hydrogen) atoms. The Kier molecular flexibility index (Phi) is 6.78. The van der Waals surface area contributed by atoms with E-state index in [0.717, 1.165) is 11.6 Å². The lowest BCUT2D eigenvalue weighted by Gasteiger charge is -2.36. The summed E-state index contributed by atoms with van der Waals surface area (Å²) in [5, 5.41) is 5.68. The third kappa shape index (κ3) is 5.78. The lowest BCUT2D eigenvalue weighted by atomic mass is 9.70. The van der Waals surface area contributed by atoms with Crippen molar-refractivity contribution in [1.82, 2.24) is 15.6 Å². The predicted octanol–water partition coefficient (Wildman–Crippen LogP) is 5.39. The van der Waals surface area contributed by atoms with Crippen LogP contribution in [0.2, 0.25) is 0 Å².